The molecule has 102 valence electrons. The average molecular weight is 291 g/mol. The molecule has 0 aromatic carbocycles. The first-order chi connectivity index (χ1) is 8.40. The van der Waals surface area contributed by atoms with Crippen LogP contribution in [0.3, 0.4) is 0 Å². The van der Waals surface area contributed by atoms with Gasteiger partial charge in [0.25, 0.3) is 5.91 Å². The lowest BCUT2D eigenvalue weighted by Gasteiger charge is -2.19. The zero-order valence-corrected chi connectivity index (χ0v) is 12.3. The molecule has 0 fully saturated rings. The Bertz CT molecular complexity index is 504. The Hall–Kier alpha value is -1.02. The van der Waals surface area contributed by atoms with Crippen molar-refractivity contribution in [3.63, 3.8) is 0 Å². The molecule has 18 heavy (non-hydrogen) atoms. The number of rotatable bonds is 6. The van der Waals surface area contributed by atoms with Crippen LogP contribution in [0.5, 0.6) is 0 Å². The summed E-state index contributed by atoms with van der Waals surface area (Å²) >= 11 is 0.827. The van der Waals surface area contributed by atoms with Gasteiger partial charge in [0.2, 0.25) is 19.2 Å². The quantitative estimate of drug-likeness (QED) is 0.787. The van der Waals surface area contributed by atoms with E-state index in [4.69, 9.17) is 0 Å². The summed E-state index contributed by atoms with van der Waals surface area (Å²) < 4.78 is 22.4. The number of amides is 1. The Kier molecular flexibility index (Phi) is 5.21. The van der Waals surface area contributed by atoms with Gasteiger partial charge in [0.1, 0.15) is 0 Å². The number of hydrogen-bond acceptors (Lipinski definition) is 6. The monoisotopic (exact) mass is 291 g/mol. The molecule has 0 atom stereocenters. The number of carbonyl (C=O) groups is 1. The highest BCUT2D eigenvalue weighted by atomic mass is 32.2. The summed E-state index contributed by atoms with van der Waals surface area (Å²) in [5, 5.41) is 7.35. The molecule has 0 spiro atoms. The van der Waals surface area contributed by atoms with Crippen LogP contribution in [0.4, 0.5) is 0 Å². The van der Waals surface area contributed by atoms with E-state index < -0.39 is 9.84 Å². The fourth-order valence-electron chi connectivity index (χ4n) is 1.44. The van der Waals surface area contributed by atoms with Gasteiger partial charge in [-0.2, -0.15) is 0 Å². The van der Waals surface area contributed by atoms with Gasteiger partial charge in [-0.3, -0.25) is 4.79 Å². The zero-order chi connectivity index (χ0) is 13.8. The Morgan fingerprint density at radius 2 is 1.78 bits per heavy atom. The SMILES string of the molecule is CCCN(CCC)C(=O)c1nnc(S(C)(=O)=O)s1. The molecule has 0 saturated carbocycles. The van der Waals surface area contributed by atoms with E-state index >= 15 is 0 Å². The first kappa shape index (κ1) is 15.0. The summed E-state index contributed by atoms with van der Waals surface area (Å²) in [5.74, 6) is -0.244. The average Bonchev–Trinajstić information content (AvgIpc) is 2.76. The molecule has 1 aromatic heterocycles. The minimum absolute atomic E-state index is 0.112. The van der Waals surface area contributed by atoms with Gasteiger partial charge in [-0.25, -0.2) is 8.42 Å². The lowest BCUT2D eigenvalue weighted by Crippen LogP contribution is -2.32. The molecule has 1 amide bonds. The van der Waals surface area contributed by atoms with Crippen molar-refractivity contribution in [1.29, 1.82) is 0 Å². The molecular formula is C10H17N3O3S2. The second-order valence-electron chi connectivity index (χ2n) is 3.94. The molecule has 0 aliphatic rings. The molecule has 0 unspecified atom stereocenters. The van der Waals surface area contributed by atoms with Gasteiger partial charge in [-0.1, -0.05) is 25.2 Å². The molecule has 1 rings (SSSR count). The lowest BCUT2D eigenvalue weighted by molar-refractivity contribution is 0.0754. The van der Waals surface area contributed by atoms with E-state index in [0.29, 0.717) is 13.1 Å². The van der Waals surface area contributed by atoms with Crippen LogP contribution in [-0.2, 0) is 9.84 Å². The largest absolute Gasteiger partial charge is 0.337 e. The number of hydrogen-bond donors (Lipinski definition) is 0. The molecule has 0 saturated heterocycles. The molecule has 1 aromatic rings. The van der Waals surface area contributed by atoms with Gasteiger partial charge in [0, 0.05) is 19.3 Å². The lowest BCUT2D eigenvalue weighted by atomic mass is 10.3. The second-order valence-corrected chi connectivity index (χ2v) is 7.10. The minimum atomic E-state index is -3.39. The fourth-order valence-corrected chi connectivity index (χ4v) is 3.01. The van der Waals surface area contributed by atoms with Crippen LogP contribution in [0.25, 0.3) is 0 Å². The Balaban J connectivity index is 2.92. The first-order valence-corrected chi connectivity index (χ1v) is 8.43. The highest BCUT2D eigenvalue weighted by Gasteiger charge is 2.22. The van der Waals surface area contributed by atoms with Crippen LogP contribution >= 0.6 is 11.3 Å². The third-order valence-corrected chi connectivity index (χ3v) is 4.76. The maximum absolute atomic E-state index is 12.1. The van der Waals surface area contributed by atoms with E-state index in [1.807, 2.05) is 13.8 Å². The van der Waals surface area contributed by atoms with Gasteiger partial charge in [0.05, 0.1) is 0 Å². The van der Waals surface area contributed by atoms with Crippen molar-refractivity contribution >= 4 is 27.1 Å². The predicted molar refractivity (Wildman–Crippen MR) is 69.5 cm³/mol. The number of carbonyl (C=O) groups excluding carboxylic acids is 1. The van der Waals surface area contributed by atoms with E-state index in [1.54, 1.807) is 4.90 Å². The third-order valence-electron chi connectivity index (χ3n) is 2.18. The molecular weight excluding hydrogens is 274 g/mol. The van der Waals surface area contributed by atoms with Crippen molar-refractivity contribution in [2.75, 3.05) is 19.3 Å². The molecule has 0 N–H and O–H groups in total. The van der Waals surface area contributed by atoms with Gasteiger partial charge >= 0.3 is 0 Å². The number of aromatic nitrogens is 2. The Morgan fingerprint density at radius 1 is 1.22 bits per heavy atom. The molecule has 0 aliphatic carbocycles. The van der Waals surface area contributed by atoms with Crippen LogP contribution in [0.1, 0.15) is 36.5 Å². The summed E-state index contributed by atoms with van der Waals surface area (Å²) in [5.41, 5.74) is 0. The van der Waals surface area contributed by atoms with Crippen molar-refractivity contribution in [3.05, 3.63) is 5.01 Å². The normalized spacial score (nSPS) is 11.5. The summed E-state index contributed by atoms with van der Waals surface area (Å²) in [6.07, 6.45) is 2.75. The molecule has 0 radical (unpaired) electrons. The van der Waals surface area contributed by atoms with Gasteiger partial charge in [-0.15, -0.1) is 10.2 Å². The highest BCUT2D eigenvalue weighted by Crippen LogP contribution is 2.17. The summed E-state index contributed by atoms with van der Waals surface area (Å²) in [6, 6.07) is 0. The number of sulfone groups is 1. The standard InChI is InChI=1S/C10H17N3O3S2/c1-4-6-13(7-5-2)9(14)8-11-12-10(17-8)18(3,15)16/h4-7H2,1-3H3. The van der Waals surface area contributed by atoms with E-state index in [2.05, 4.69) is 10.2 Å². The van der Waals surface area contributed by atoms with E-state index in [9.17, 15) is 13.2 Å². The van der Waals surface area contributed by atoms with Crippen molar-refractivity contribution in [3.8, 4) is 0 Å². The first-order valence-electron chi connectivity index (χ1n) is 5.73. The molecule has 1 heterocycles. The van der Waals surface area contributed by atoms with Crippen LogP contribution in [-0.4, -0.2) is 48.8 Å². The van der Waals surface area contributed by atoms with Crippen LogP contribution in [0.2, 0.25) is 0 Å². The number of nitrogens with zero attached hydrogens (tertiary/aromatic N) is 3. The molecule has 0 aliphatic heterocycles. The maximum Gasteiger partial charge on any atom is 0.284 e. The summed E-state index contributed by atoms with van der Waals surface area (Å²) in [6.45, 7) is 5.25. The van der Waals surface area contributed by atoms with Crippen LogP contribution < -0.4 is 0 Å². The Labute approximate surface area is 111 Å². The van der Waals surface area contributed by atoms with Crippen LogP contribution in [0, 0.1) is 0 Å². The van der Waals surface area contributed by atoms with Crippen molar-refractivity contribution in [1.82, 2.24) is 15.1 Å². The van der Waals surface area contributed by atoms with E-state index in [0.717, 1.165) is 30.4 Å². The van der Waals surface area contributed by atoms with Crippen molar-refractivity contribution < 1.29 is 13.2 Å². The smallest absolute Gasteiger partial charge is 0.284 e. The van der Waals surface area contributed by atoms with Gasteiger partial charge in [-0.05, 0) is 12.8 Å². The Morgan fingerprint density at radius 3 is 2.17 bits per heavy atom. The zero-order valence-electron chi connectivity index (χ0n) is 10.7. The van der Waals surface area contributed by atoms with E-state index in [1.165, 1.54) is 0 Å². The topological polar surface area (TPSA) is 80.2 Å². The summed E-state index contributed by atoms with van der Waals surface area (Å²) in [7, 11) is -3.39. The van der Waals surface area contributed by atoms with E-state index in [-0.39, 0.29) is 15.3 Å². The van der Waals surface area contributed by atoms with Crippen molar-refractivity contribution in [2.45, 2.75) is 31.0 Å². The molecule has 8 heteroatoms. The third kappa shape index (κ3) is 3.74. The van der Waals surface area contributed by atoms with Gasteiger partial charge in [0.15, 0.2) is 0 Å². The van der Waals surface area contributed by atoms with Crippen molar-refractivity contribution in [2.24, 2.45) is 0 Å². The fraction of sp³-hybridized carbons (Fsp3) is 0.700. The second kappa shape index (κ2) is 6.24. The van der Waals surface area contributed by atoms with Crippen LogP contribution in [0.15, 0.2) is 4.34 Å². The summed E-state index contributed by atoms with van der Waals surface area (Å²) in [4.78, 5) is 13.8. The minimum Gasteiger partial charge on any atom is -0.337 e. The molecule has 6 nitrogen and oxygen atoms in total. The molecule has 0 bridgehead atoms. The maximum atomic E-state index is 12.1. The highest BCUT2D eigenvalue weighted by molar-refractivity contribution is 7.92. The predicted octanol–water partition coefficient (Wildman–Crippen LogP) is 1.20. The van der Waals surface area contributed by atoms with Gasteiger partial charge < -0.3 is 4.90 Å².